The molecule has 0 heterocycles. The second kappa shape index (κ2) is 6.47. The Hall–Kier alpha value is -1.69. The molecule has 0 saturated carbocycles. The first-order chi connectivity index (χ1) is 8.88. The van der Waals surface area contributed by atoms with E-state index in [2.05, 4.69) is 4.72 Å². The van der Waals surface area contributed by atoms with Crippen molar-refractivity contribution in [3.63, 3.8) is 0 Å². The van der Waals surface area contributed by atoms with E-state index in [4.69, 9.17) is 16.9 Å². The van der Waals surface area contributed by atoms with E-state index >= 15 is 0 Å². The maximum atomic E-state index is 11.9. The van der Waals surface area contributed by atoms with E-state index in [9.17, 15) is 18.5 Å². The van der Waals surface area contributed by atoms with Crippen LogP contribution in [0.15, 0.2) is 23.1 Å². The van der Waals surface area contributed by atoms with Crippen LogP contribution < -0.4 is 4.72 Å². The van der Waals surface area contributed by atoms with E-state index in [-0.39, 0.29) is 18.0 Å². The lowest BCUT2D eigenvalue weighted by molar-refractivity contribution is -0.387. The van der Waals surface area contributed by atoms with Crippen LogP contribution in [0.2, 0.25) is 5.02 Å². The van der Waals surface area contributed by atoms with Crippen molar-refractivity contribution in [3.8, 4) is 6.07 Å². The third-order valence-electron chi connectivity index (χ3n) is 2.16. The minimum absolute atomic E-state index is 0.0374. The Morgan fingerprint density at radius 2 is 2.16 bits per heavy atom. The number of nitro groups is 1. The van der Waals surface area contributed by atoms with Crippen molar-refractivity contribution in [1.82, 2.24) is 4.72 Å². The van der Waals surface area contributed by atoms with Crippen LogP contribution in [0.25, 0.3) is 0 Å². The van der Waals surface area contributed by atoms with Gasteiger partial charge >= 0.3 is 0 Å². The highest BCUT2D eigenvalue weighted by molar-refractivity contribution is 7.89. The normalized spacial score (nSPS) is 10.9. The molecular weight excluding hydrogens is 294 g/mol. The molecule has 0 aromatic heterocycles. The molecule has 0 bridgehead atoms. The molecule has 0 aliphatic carbocycles. The number of benzene rings is 1. The molecule has 1 N–H and O–H groups in total. The monoisotopic (exact) mass is 303 g/mol. The summed E-state index contributed by atoms with van der Waals surface area (Å²) < 4.78 is 26.0. The van der Waals surface area contributed by atoms with Crippen molar-refractivity contribution in [2.45, 2.75) is 17.7 Å². The Bertz CT molecular complexity index is 624. The predicted molar refractivity (Wildman–Crippen MR) is 68.1 cm³/mol. The van der Waals surface area contributed by atoms with Crippen molar-refractivity contribution in [3.05, 3.63) is 33.3 Å². The van der Waals surface area contributed by atoms with Crippen LogP contribution >= 0.6 is 11.6 Å². The number of rotatable bonds is 6. The lowest BCUT2D eigenvalue weighted by Gasteiger charge is -2.06. The summed E-state index contributed by atoms with van der Waals surface area (Å²) in [6, 6.07) is 5.19. The minimum atomic E-state index is -3.99. The summed E-state index contributed by atoms with van der Waals surface area (Å²) >= 11 is 5.60. The third kappa shape index (κ3) is 4.17. The molecule has 0 fully saturated rings. The number of nitro benzene ring substituents is 1. The summed E-state index contributed by atoms with van der Waals surface area (Å²) in [7, 11) is -3.99. The van der Waals surface area contributed by atoms with Crippen molar-refractivity contribution < 1.29 is 13.3 Å². The number of nitriles is 1. The quantitative estimate of drug-likeness (QED) is 0.489. The Kier molecular flexibility index (Phi) is 5.23. The van der Waals surface area contributed by atoms with Crippen LogP contribution in [0.4, 0.5) is 5.69 Å². The fraction of sp³-hybridized carbons (Fsp3) is 0.300. The highest BCUT2D eigenvalue weighted by Crippen LogP contribution is 2.26. The van der Waals surface area contributed by atoms with E-state index in [0.29, 0.717) is 6.42 Å². The molecule has 1 rings (SSSR count). The standard InChI is InChI=1S/C10H10ClN3O4S/c11-8-3-4-10(9(7-8)14(15)16)19(17,18)13-6-2-1-5-12/h3-4,7,13H,1-2,6H2. The minimum Gasteiger partial charge on any atom is -0.258 e. The average molecular weight is 304 g/mol. The third-order valence-corrected chi connectivity index (χ3v) is 3.91. The zero-order valence-electron chi connectivity index (χ0n) is 9.67. The van der Waals surface area contributed by atoms with Gasteiger partial charge in [0.2, 0.25) is 10.0 Å². The Labute approximate surface area is 115 Å². The van der Waals surface area contributed by atoms with Crippen LogP contribution in [-0.4, -0.2) is 19.9 Å². The van der Waals surface area contributed by atoms with E-state index < -0.39 is 25.5 Å². The first-order valence-corrected chi connectivity index (χ1v) is 7.05. The summed E-state index contributed by atoms with van der Waals surface area (Å²) in [5.74, 6) is 0. The van der Waals surface area contributed by atoms with E-state index in [1.54, 1.807) is 0 Å². The predicted octanol–water partition coefficient (Wildman–Crippen LogP) is 1.83. The Balaban J connectivity index is 3.01. The smallest absolute Gasteiger partial charge is 0.258 e. The van der Waals surface area contributed by atoms with Crippen LogP contribution in [0, 0.1) is 21.4 Å². The second-order valence-corrected chi connectivity index (χ2v) is 5.70. The van der Waals surface area contributed by atoms with Gasteiger partial charge in [-0.05, 0) is 18.6 Å². The van der Waals surface area contributed by atoms with E-state index in [1.165, 1.54) is 6.07 Å². The molecule has 0 amide bonds. The lowest BCUT2D eigenvalue weighted by Crippen LogP contribution is -2.25. The van der Waals surface area contributed by atoms with Gasteiger partial charge in [0.05, 0.1) is 11.0 Å². The van der Waals surface area contributed by atoms with Gasteiger partial charge in [-0.15, -0.1) is 0 Å². The molecule has 0 saturated heterocycles. The molecule has 0 atom stereocenters. The molecule has 0 radical (unpaired) electrons. The van der Waals surface area contributed by atoms with Gasteiger partial charge in [-0.25, -0.2) is 13.1 Å². The van der Waals surface area contributed by atoms with Gasteiger partial charge in [-0.1, -0.05) is 11.6 Å². The number of hydrogen-bond acceptors (Lipinski definition) is 5. The van der Waals surface area contributed by atoms with Crippen molar-refractivity contribution >= 4 is 27.3 Å². The number of hydrogen-bond donors (Lipinski definition) is 1. The summed E-state index contributed by atoms with van der Waals surface area (Å²) in [6.07, 6.45) is 0.530. The maximum absolute atomic E-state index is 11.9. The highest BCUT2D eigenvalue weighted by Gasteiger charge is 2.25. The van der Waals surface area contributed by atoms with Gasteiger partial charge < -0.3 is 0 Å². The molecule has 9 heteroatoms. The summed E-state index contributed by atoms with van der Waals surface area (Å²) in [5.41, 5.74) is -0.583. The molecule has 19 heavy (non-hydrogen) atoms. The first-order valence-electron chi connectivity index (χ1n) is 5.19. The number of nitrogens with one attached hydrogen (secondary N) is 1. The largest absolute Gasteiger partial charge is 0.290 e. The number of sulfonamides is 1. The SMILES string of the molecule is N#CCCCNS(=O)(=O)c1ccc(Cl)cc1[N+](=O)[O-]. The molecule has 1 aromatic rings. The summed E-state index contributed by atoms with van der Waals surface area (Å²) in [6.45, 7) is 0.0374. The van der Waals surface area contributed by atoms with Gasteiger partial charge in [0.25, 0.3) is 5.69 Å². The molecule has 1 aromatic carbocycles. The first kappa shape index (κ1) is 15.4. The zero-order valence-corrected chi connectivity index (χ0v) is 11.2. The number of halogens is 1. The highest BCUT2D eigenvalue weighted by atomic mass is 35.5. The molecule has 0 aliphatic rings. The van der Waals surface area contributed by atoms with Crippen LogP contribution in [-0.2, 0) is 10.0 Å². The molecule has 7 nitrogen and oxygen atoms in total. The molecule has 102 valence electrons. The van der Waals surface area contributed by atoms with Gasteiger partial charge in [0, 0.05) is 24.1 Å². The van der Waals surface area contributed by atoms with Crippen molar-refractivity contribution in [1.29, 1.82) is 5.26 Å². The van der Waals surface area contributed by atoms with Crippen molar-refractivity contribution in [2.75, 3.05) is 6.54 Å². The Morgan fingerprint density at radius 1 is 1.47 bits per heavy atom. The lowest BCUT2D eigenvalue weighted by atomic mass is 10.3. The number of nitrogens with zero attached hydrogens (tertiary/aromatic N) is 2. The molecule has 0 unspecified atom stereocenters. The van der Waals surface area contributed by atoms with Crippen LogP contribution in [0.5, 0.6) is 0 Å². The van der Waals surface area contributed by atoms with E-state index in [0.717, 1.165) is 12.1 Å². The maximum Gasteiger partial charge on any atom is 0.290 e. The topological polar surface area (TPSA) is 113 Å². The van der Waals surface area contributed by atoms with E-state index in [1.807, 2.05) is 6.07 Å². The van der Waals surface area contributed by atoms with Crippen molar-refractivity contribution in [2.24, 2.45) is 0 Å². The van der Waals surface area contributed by atoms with Gasteiger partial charge in [0.1, 0.15) is 0 Å². The van der Waals surface area contributed by atoms with Gasteiger partial charge in [-0.3, -0.25) is 10.1 Å². The second-order valence-electron chi connectivity index (χ2n) is 3.53. The summed E-state index contributed by atoms with van der Waals surface area (Å²) in [4.78, 5) is 9.55. The fourth-order valence-corrected chi connectivity index (χ4v) is 2.70. The Morgan fingerprint density at radius 3 is 2.74 bits per heavy atom. The van der Waals surface area contributed by atoms with Gasteiger partial charge in [-0.2, -0.15) is 5.26 Å². The molecule has 0 aliphatic heterocycles. The molecule has 0 spiro atoms. The fourth-order valence-electron chi connectivity index (χ4n) is 1.31. The number of unbranched alkanes of at least 4 members (excludes halogenated alkanes) is 1. The van der Waals surface area contributed by atoms with Crippen LogP contribution in [0.3, 0.4) is 0 Å². The van der Waals surface area contributed by atoms with Crippen LogP contribution in [0.1, 0.15) is 12.8 Å². The zero-order chi connectivity index (χ0) is 14.5. The average Bonchev–Trinajstić information content (AvgIpc) is 2.34. The summed E-state index contributed by atoms with van der Waals surface area (Å²) in [5, 5.41) is 19.2. The molecular formula is C10H10ClN3O4S. The van der Waals surface area contributed by atoms with Gasteiger partial charge in [0.15, 0.2) is 4.90 Å².